The second-order valence-electron chi connectivity index (χ2n) is 8.43. The molecular weight excluding hydrogens is 364 g/mol. The van der Waals surface area contributed by atoms with Crippen molar-refractivity contribution in [2.75, 3.05) is 44.2 Å². The fourth-order valence-electron chi connectivity index (χ4n) is 4.56. The van der Waals surface area contributed by atoms with Gasteiger partial charge in [0.15, 0.2) is 5.78 Å². The Kier molecular flexibility index (Phi) is 8.07. The average molecular weight is 401 g/mol. The molecule has 3 rings (SSSR count). The molecule has 0 bridgehead atoms. The SMILES string of the molecule is CCC(=O)c1cccc(N2CCN(CCC3CCC(NC(=O)CN)CC3)CC2)c1. The van der Waals surface area contributed by atoms with E-state index in [1.807, 2.05) is 25.1 Å². The summed E-state index contributed by atoms with van der Waals surface area (Å²) in [5.74, 6) is 0.953. The highest BCUT2D eigenvalue weighted by Crippen LogP contribution is 2.27. The number of nitrogens with two attached hydrogens (primary N) is 1. The lowest BCUT2D eigenvalue weighted by Gasteiger charge is -2.37. The molecule has 29 heavy (non-hydrogen) atoms. The predicted octanol–water partition coefficient (Wildman–Crippen LogP) is 2.43. The van der Waals surface area contributed by atoms with E-state index in [0.717, 1.165) is 57.0 Å². The number of rotatable bonds is 8. The Morgan fingerprint density at radius 2 is 1.83 bits per heavy atom. The first kappa shape index (κ1) is 21.8. The number of piperazine rings is 1. The van der Waals surface area contributed by atoms with Gasteiger partial charge >= 0.3 is 0 Å². The number of Topliss-reactive ketones (excluding diaryl/α,β-unsaturated/α-hetero) is 1. The smallest absolute Gasteiger partial charge is 0.233 e. The summed E-state index contributed by atoms with van der Waals surface area (Å²) in [6.45, 7) is 7.35. The molecule has 0 atom stereocenters. The van der Waals surface area contributed by atoms with Crippen LogP contribution in [0.15, 0.2) is 24.3 Å². The van der Waals surface area contributed by atoms with E-state index < -0.39 is 0 Å². The van der Waals surface area contributed by atoms with Crippen molar-refractivity contribution in [2.24, 2.45) is 11.7 Å². The van der Waals surface area contributed by atoms with E-state index in [4.69, 9.17) is 5.73 Å². The molecule has 0 radical (unpaired) electrons. The molecule has 3 N–H and O–H groups in total. The number of anilines is 1. The van der Waals surface area contributed by atoms with Crippen LogP contribution in [-0.2, 0) is 4.79 Å². The van der Waals surface area contributed by atoms with Gasteiger partial charge in [0.25, 0.3) is 0 Å². The summed E-state index contributed by atoms with van der Waals surface area (Å²) in [6, 6.07) is 8.40. The van der Waals surface area contributed by atoms with Gasteiger partial charge in [-0.05, 0) is 56.7 Å². The quantitative estimate of drug-likeness (QED) is 0.655. The Balaban J connectivity index is 1.38. The van der Waals surface area contributed by atoms with Gasteiger partial charge in [0.1, 0.15) is 0 Å². The lowest BCUT2D eigenvalue weighted by molar-refractivity contribution is -0.120. The Labute approximate surface area is 174 Å². The van der Waals surface area contributed by atoms with Crippen LogP contribution in [-0.4, -0.2) is 61.9 Å². The summed E-state index contributed by atoms with van der Waals surface area (Å²) >= 11 is 0. The first-order chi connectivity index (χ1) is 14.1. The average Bonchev–Trinajstić information content (AvgIpc) is 2.78. The minimum atomic E-state index is -0.0316. The maximum absolute atomic E-state index is 12.0. The van der Waals surface area contributed by atoms with E-state index in [9.17, 15) is 9.59 Å². The normalized spacial score (nSPS) is 23.0. The van der Waals surface area contributed by atoms with E-state index in [1.165, 1.54) is 24.9 Å². The van der Waals surface area contributed by atoms with Crippen molar-refractivity contribution in [1.82, 2.24) is 10.2 Å². The Morgan fingerprint density at radius 1 is 1.10 bits per heavy atom. The van der Waals surface area contributed by atoms with Crippen LogP contribution in [0.1, 0.15) is 55.8 Å². The van der Waals surface area contributed by atoms with E-state index in [1.54, 1.807) is 0 Å². The maximum atomic E-state index is 12.0. The summed E-state index contributed by atoms with van der Waals surface area (Å²) in [5.41, 5.74) is 7.38. The minimum Gasteiger partial charge on any atom is -0.369 e. The Morgan fingerprint density at radius 3 is 2.48 bits per heavy atom. The molecule has 160 valence electrons. The molecule has 1 saturated carbocycles. The van der Waals surface area contributed by atoms with Gasteiger partial charge in [-0.25, -0.2) is 0 Å². The second kappa shape index (κ2) is 10.7. The molecule has 1 aliphatic heterocycles. The molecule has 6 heteroatoms. The van der Waals surface area contributed by atoms with Crippen LogP contribution in [0.25, 0.3) is 0 Å². The molecule has 2 fully saturated rings. The van der Waals surface area contributed by atoms with Gasteiger partial charge in [0, 0.05) is 49.9 Å². The number of benzene rings is 1. The van der Waals surface area contributed by atoms with Crippen LogP contribution in [0.3, 0.4) is 0 Å². The Hall–Kier alpha value is -1.92. The first-order valence-electron chi connectivity index (χ1n) is 11.2. The highest BCUT2D eigenvalue weighted by atomic mass is 16.2. The minimum absolute atomic E-state index is 0.0316. The number of hydrogen-bond donors (Lipinski definition) is 2. The summed E-state index contributed by atoms with van der Waals surface area (Å²) < 4.78 is 0. The third kappa shape index (κ3) is 6.28. The van der Waals surface area contributed by atoms with Gasteiger partial charge in [-0.3, -0.25) is 14.5 Å². The molecule has 6 nitrogen and oxygen atoms in total. The molecule has 0 unspecified atom stereocenters. The van der Waals surface area contributed by atoms with Crippen molar-refractivity contribution < 1.29 is 9.59 Å². The summed E-state index contributed by atoms with van der Waals surface area (Å²) in [6.07, 6.45) is 6.37. The van der Waals surface area contributed by atoms with Crippen LogP contribution < -0.4 is 16.0 Å². The van der Waals surface area contributed by atoms with Crippen LogP contribution in [0.2, 0.25) is 0 Å². The number of nitrogens with zero attached hydrogens (tertiary/aromatic N) is 2. The summed E-state index contributed by atoms with van der Waals surface area (Å²) in [5, 5.41) is 3.03. The number of carbonyl (C=O) groups is 2. The summed E-state index contributed by atoms with van der Waals surface area (Å²) in [4.78, 5) is 28.4. The number of carbonyl (C=O) groups excluding carboxylic acids is 2. The number of nitrogens with one attached hydrogen (secondary N) is 1. The molecule has 0 aromatic heterocycles. The number of amides is 1. The lowest BCUT2D eigenvalue weighted by Crippen LogP contribution is -2.47. The molecule has 1 aromatic rings. The van der Waals surface area contributed by atoms with E-state index in [-0.39, 0.29) is 18.2 Å². The maximum Gasteiger partial charge on any atom is 0.233 e. The highest BCUT2D eigenvalue weighted by Gasteiger charge is 2.24. The molecule has 1 amide bonds. The molecular formula is C23H36N4O2. The molecule has 1 aliphatic carbocycles. The van der Waals surface area contributed by atoms with Gasteiger partial charge in [0.05, 0.1) is 6.54 Å². The molecule has 0 spiro atoms. The van der Waals surface area contributed by atoms with Crippen LogP contribution >= 0.6 is 0 Å². The fourth-order valence-corrected chi connectivity index (χ4v) is 4.56. The highest BCUT2D eigenvalue weighted by molar-refractivity contribution is 5.96. The van der Waals surface area contributed by atoms with Crippen molar-refractivity contribution in [3.63, 3.8) is 0 Å². The standard InChI is InChI=1S/C23H36N4O2/c1-2-22(28)19-4-3-5-21(16-19)27-14-12-26(13-15-27)11-10-18-6-8-20(9-7-18)25-23(29)17-24/h3-5,16,18,20H,2,6-15,17,24H2,1H3,(H,25,29). The van der Waals surface area contributed by atoms with E-state index >= 15 is 0 Å². The molecule has 2 aliphatic rings. The van der Waals surface area contributed by atoms with Gasteiger partial charge in [0.2, 0.25) is 5.91 Å². The number of hydrogen-bond acceptors (Lipinski definition) is 5. The zero-order valence-electron chi connectivity index (χ0n) is 17.7. The largest absolute Gasteiger partial charge is 0.369 e. The van der Waals surface area contributed by atoms with Gasteiger partial charge in [-0.2, -0.15) is 0 Å². The zero-order valence-corrected chi connectivity index (χ0v) is 17.7. The third-order valence-corrected chi connectivity index (χ3v) is 6.48. The van der Waals surface area contributed by atoms with Crippen molar-refractivity contribution in [3.05, 3.63) is 29.8 Å². The van der Waals surface area contributed by atoms with Crippen molar-refractivity contribution in [2.45, 2.75) is 51.5 Å². The van der Waals surface area contributed by atoms with Crippen molar-refractivity contribution >= 4 is 17.4 Å². The summed E-state index contributed by atoms with van der Waals surface area (Å²) in [7, 11) is 0. The van der Waals surface area contributed by atoms with Crippen LogP contribution in [0.5, 0.6) is 0 Å². The first-order valence-corrected chi connectivity index (χ1v) is 11.2. The monoisotopic (exact) mass is 400 g/mol. The van der Waals surface area contributed by atoms with E-state index in [0.29, 0.717) is 12.5 Å². The van der Waals surface area contributed by atoms with Crippen molar-refractivity contribution in [1.29, 1.82) is 0 Å². The third-order valence-electron chi connectivity index (χ3n) is 6.48. The second-order valence-corrected chi connectivity index (χ2v) is 8.43. The Bertz CT molecular complexity index is 677. The lowest BCUT2D eigenvalue weighted by atomic mass is 9.84. The predicted molar refractivity (Wildman–Crippen MR) is 117 cm³/mol. The van der Waals surface area contributed by atoms with Gasteiger partial charge in [-0.15, -0.1) is 0 Å². The zero-order chi connectivity index (χ0) is 20.6. The van der Waals surface area contributed by atoms with Gasteiger partial charge in [-0.1, -0.05) is 19.1 Å². The molecule has 1 saturated heterocycles. The van der Waals surface area contributed by atoms with E-state index in [2.05, 4.69) is 21.2 Å². The molecule has 1 heterocycles. The fraction of sp³-hybridized carbons (Fsp3) is 0.652. The molecule has 1 aromatic carbocycles. The van der Waals surface area contributed by atoms with Crippen LogP contribution in [0.4, 0.5) is 5.69 Å². The van der Waals surface area contributed by atoms with Crippen molar-refractivity contribution in [3.8, 4) is 0 Å². The van der Waals surface area contributed by atoms with Gasteiger partial charge < -0.3 is 16.0 Å². The topological polar surface area (TPSA) is 78.7 Å². The van der Waals surface area contributed by atoms with Crippen LogP contribution in [0, 0.1) is 5.92 Å². The number of ketones is 1.